The molecule has 4 rings (SSSR count). The van der Waals surface area contributed by atoms with Crippen LogP contribution in [0.2, 0.25) is 0 Å². The molecule has 0 fully saturated rings. The van der Waals surface area contributed by atoms with Crippen molar-refractivity contribution in [3.8, 4) is 11.1 Å². The Morgan fingerprint density at radius 1 is 1.10 bits per heavy atom. The first-order chi connectivity index (χ1) is 13.8. The highest BCUT2D eigenvalue weighted by Crippen LogP contribution is 2.30. The number of fused-ring (bicyclic) bond motifs is 1. The van der Waals surface area contributed by atoms with Crippen LogP contribution in [0.25, 0.3) is 22.0 Å². The number of aromatic nitrogens is 4. The van der Waals surface area contributed by atoms with E-state index in [1.54, 1.807) is 47.5 Å². The fraction of sp³-hybridized carbons (Fsp3) is 0.111. The van der Waals surface area contributed by atoms with E-state index < -0.39 is 23.9 Å². The third kappa shape index (κ3) is 3.74. The lowest BCUT2D eigenvalue weighted by atomic mass is 10.0. The maximum absolute atomic E-state index is 12.5. The third-order valence-corrected chi connectivity index (χ3v) is 4.14. The molecular formula is C18H13F3N6O2. The molecule has 0 saturated heterocycles. The highest BCUT2D eigenvalue weighted by atomic mass is 19.4. The van der Waals surface area contributed by atoms with Gasteiger partial charge < -0.3 is 9.73 Å². The zero-order valence-electron chi connectivity index (χ0n) is 14.9. The van der Waals surface area contributed by atoms with Crippen molar-refractivity contribution in [3.05, 3.63) is 54.8 Å². The summed E-state index contributed by atoms with van der Waals surface area (Å²) in [6.07, 6.45) is 0.968. The van der Waals surface area contributed by atoms with E-state index in [4.69, 9.17) is 0 Å². The van der Waals surface area contributed by atoms with Gasteiger partial charge in [0.1, 0.15) is 6.26 Å². The van der Waals surface area contributed by atoms with Crippen LogP contribution in [0.15, 0.2) is 53.5 Å². The molecule has 0 aliphatic carbocycles. The van der Waals surface area contributed by atoms with Gasteiger partial charge in [0.2, 0.25) is 0 Å². The molecule has 0 atom stereocenters. The van der Waals surface area contributed by atoms with Gasteiger partial charge in [0.25, 0.3) is 0 Å². The summed E-state index contributed by atoms with van der Waals surface area (Å²) in [5, 5.41) is 9.76. The number of rotatable bonds is 3. The van der Waals surface area contributed by atoms with E-state index >= 15 is 0 Å². The van der Waals surface area contributed by atoms with Gasteiger partial charge in [0, 0.05) is 29.9 Å². The number of urea groups is 1. The quantitative estimate of drug-likeness (QED) is 0.533. The minimum Gasteiger partial charge on any atom is -0.431 e. The van der Waals surface area contributed by atoms with E-state index in [0.29, 0.717) is 12.0 Å². The molecule has 3 heterocycles. The molecule has 0 spiro atoms. The highest BCUT2D eigenvalue weighted by molar-refractivity contribution is 5.99. The molecule has 0 saturated carbocycles. The summed E-state index contributed by atoms with van der Waals surface area (Å²) in [6, 6.07) is 5.53. The summed E-state index contributed by atoms with van der Waals surface area (Å²) in [5.74, 6) is 0. The normalized spacial score (nSPS) is 11.6. The molecule has 0 aliphatic rings. The van der Waals surface area contributed by atoms with Gasteiger partial charge in [-0.05, 0) is 17.7 Å². The number of oxazole rings is 1. The number of alkyl halides is 3. The molecular weight excluding hydrogens is 389 g/mol. The van der Waals surface area contributed by atoms with Gasteiger partial charge in [-0.25, -0.2) is 4.79 Å². The number of nitrogens with one attached hydrogen (secondary N) is 2. The Morgan fingerprint density at radius 2 is 1.86 bits per heavy atom. The Morgan fingerprint density at radius 3 is 2.55 bits per heavy atom. The number of carbonyl (C=O) groups excluding carboxylic acids is 1. The van der Waals surface area contributed by atoms with Crippen molar-refractivity contribution in [2.45, 2.75) is 6.18 Å². The predicted molar refractivity (Wildman–Crippen MR) is 98.1 cm³/mol. The molecule has 11 heteroatoms. The molecule has 1 aromatic carbocycles. The summed E-state index contributed by atoms with van der Waals surface area (Å²) in [4.78, 5) is 19.3. The monoisotopic (exact) mass is 402 g/mol. The van der Waals surface area contributed by atoms with Crippen LogP contribution in [0.5, 0.6) is 0 Å². The summed E-state index contributed by atoms with van der Waals surface area (Å²) in [5.41, 5.74) is 1.83. The molecule has 4 aromatic rings. The predicted octanol–water partition coefficient (Wildman–Crippen LogP) is 4.29. The van der Waals surface area contributed by atoms with Crippen molar-refractivity contribution < 1.29 is 22.4 Å². The average molecular weight is 402 g/mol. The van der Waals surface area contributed by atoms with Crippen molar-refractivity contribution in [1.29, 1.82) is 0 Å². The van der Waals surface area contributed by atoms with Gasteiger partial charge >= 0.3 is 18.2 Å². The van der Waals surface area contributed by atoms with Crippen LogP contribution in [0.4, 0.5) is 29.7 Å². The largest absolute Gasteiger partial charge is 0.436 e. The Balaban J connectivity index is 1.47. The van der Waals surface area contributed by atoms with Gasteiger partial charge in [-0.15, -0.1) is 0 Å². The lowest BCUT2D eigenvalue weighted by molar-refractivity contribution is -0.141. The summed E-state index contributed by atoms with van der Waals surface area (Å²) in [7, 11) is 1.82. The first kappa shape index (κ1) is 18.5. The second kappa shape index (κ2) is 6.93. The smallest absolute Gasteiger partial charge is 0.431 e. The van der Waals surface area contributed by atoms with Gasteiger partial charge in [-0.2, -0.15) is 23.3 Å². The molecule has 0 aliphatic heterocycles. The molecule has 0 radical (unpaired) electrons. The van der Waals surface area contributed by atoms with Gasteiger partial charge in [0.05, 0.1) is 17.9 Å². The fourth-order valence-corrected chi connectivity index (χ4v) is 2.74. The number of anilines is 2. The Hall–Kier alpha value is -3.89. The number of aryl methyl sites for hydroxylation is 1. The molecule has 148 valence electrons. The van der Waals surface area contributed by atoms with Crippen LogP contribution in [0, 0.1) is 0 Å². The van der Waals surface area contributed by atoms with Crippen LogP contribution < -0.4 is 10.6 Å². The Kier molecular flexibility index (Phi) is 4.41. The van der Waals surface area contributed by atoms with Gasteiger partial charge in [-0.3, -0.25) is 15.0 Å². The maximum Gasteiger partial charge on any atom is 0.436 e. The van der Waals surface area contributed by atoms with Crippen molar-refractivity contribution in [2.24, 2.45) is 7.05 Å². The highest BCUT2D eigenvalue weighted by Gasteiger charge is 2.35. The van der Waals surface area contributed by atoms with Crippen LogP contribution in [0.1, 0.15) is 5.69 Å². The minimum absolute atomic E-state index is 0.428. The van der Waals surface area contributed by atoms with Gasteiger partial charge in [-0.1, -0.05) is 12.1 Å². The first-order valence-corrected chi connectivity index (χ1v) is 8.28. The number of hydrogen-bond acceptors (Lipinski definition) is 5. The molecule has 0 bridgehead atoms. The average Bonchev–Trinajstić information content (AvgIpc) is 3.29. The van der Waals surface area contributed by atoms with E-state index in [-0.39, 0.29) is 0 Å². The lowest BCUT2D eigenvalue weighted by Crippen LogP contribution is -2.19. The standard InChI is InChI=1S/C18H13F3N6O2/c1-27-14-8-22-6-12(13(14)7-23-27)10-2-4-11(5-3-10)24-16(28)26-17-25-15(9-29-17)18(19,20)21/h2-9H,1H3,(H2,24,25,26,28). The van der Waals surface area contributed by atoms with Crippen LogP contribution in [0.3, 0.4) is 0 Å². The molecule has 3 aromatic heterocycles. The van der Waals surface area contributed by atoms with Crippen molar-refractivity contribution in [2.75, 3.05) is 10.6 Å². The topological polar surface area (TPSA) is 97.9 Å². The van der Waals surface area contributed by atoms with Crippen molar-refractivity contribution in [3.63, 3.8) is 0 Å². The number of amides is 2. The van der Waals surface area contributed by atoms with Crippen molar-refractivity contribution in [1.82, 2.24) is 19.7 Å². The second-order valence-corrected chi connectivity index (χ2v) is 6.08. The maximum atomic E-state index is 12.5. The van der Waals surface area contributed by atoms with E-state index in [9.17, 15) is 18.0 Å². The number of carbonyl (C=O) groups is 1. The number of benzene rings is 1. The third-order valence-electron chi connectivity index (χ3n) is 4.14. The van der Waals surface area contributed by atoms with Gasteiger partial charge in [0.15, 0.2) is 5.69 Å². The number of pyridine rings is 1. The van der Waals surface area contributed by atoms with E-state index in [1.807, 2.05) is 7.05 Å². The lowest BCUT2D eigenvalue weighted by Gasteiger charge is -2.07. The van der Waals surface area contributed by atoms with Crippen LogP contribution in [-0.4, -0.2) is 25.8 Å². The number of halogens is 3. The molecule has 2 amide bonds. The first-order valence-electron chi connectivity index (χ1n) is 8.28. The Bertz CT molecular complexity index is 1180. The summed E-state index contributed by atoms with van der Waals surface area (Å²) < 4.78 is 43.8. The zero-order chi connectivity index (χ0) is 20.6. The second-order valence-electron chi connectivity index (χ2n) is 6.08. The van der Waals surface area contributed by atoms with Crippen LogP contribution >= 0.6 is 0 Å². The van der Waals surface area contributed by atoms with Crippen LogP contribution in [-0.2, 0) is 13.2 Å². The number of nitrogens with zero attached hydrogens (tertiary/aromatic N) is 4. The van der Waals surface area contributed by atoms with E-state index in [1.165, 1.54) is 0 Å². The SMILES string of the molecule is Cn1ncc2c(-c3ccc(NC(=O)Nc4nc(C(F)(F)F)co4)cc3)cncc21. The molecule has 0 unspecified atom stereocenters. The Labute approximate surface area is 161 Å². The molecule has 29 heavy (non-hydrogen) atoms. The van der Waals surface area contributed by atoms with Crippen molar-refractivity contribution >= 4 is 28.6 Å². The fourth-order valence-electron chi connectivity index (χ4n) is 2.74. The minimum atomic E-state index is -4.65. The summed E-state index contributed by atoms with van der Waals surface area (Å²) in [6.45, 7) is 0. The van der Waals surface area contributed by atoms with E-state index in [0.717, 1.165) is 22.0 Å². The molecule has 8 nitrogen and oxygen atoms in total. The zero-order valence-corrected chi connectivity index (χ0v) is 14.9. The summed E-state index contributed by atoms with van der Waals surface area (Å²) >= 11 is 0. The van der Waals surface area contributed by atoms with E-state index in [2.05, 4.69) is 30.1 Å². The number of hydrogen-bond donors (Lipinski definition) is 2. The molecule has 2 N–H and O–H groups in total.